The Morgan fingerprint density at radius 3 is 2.48 bits per heavy atom. The van der Waals surface area contributed by atoms with E-state index in [0.717, 1.165) is 12.1 Å². The Balaban J connectivity index is 2.24. The lowest BCUT2D eigenvalue weighted by atomic mass is 10.2. The van der Waals surface area contributed by atoms with Gasteiger partial charge in [-0.3, -0.25) is 0 Å². The third-order valence-electron chi connectivity index (χ3n) is 3.74. The summed E-state index contributed by atoms with van der Waals surface area (Å²) >= 11 is 5.83. The van der Waals surface area contributed by atoms with E-state index in [1.165, 1.54) is 5.56 Å². The molecule has 1 aliphatic heterocycles. The van der Waals surface area contributed by atoms with Gasteiger partial charge in [-0.1, -0.05) is 26.2 Å². The highest BCUT2D eigenvalue weighted by atomic mass is 35.5. The fourth-order valence-electron chi connectivity index (χ4n) is 2.43. The third kappa shape index (κ3) is 3.97. The molecule has 1 atom stereocenters. The van der Waals surface area contributed by atoms with Crippen LogP contribution in [0.4, 0.5) is 5.69 Å². The van der Waals surface area contributed by atoms with E-state index in [4.69, 9.17) is 16.3 Å². The Labute approximate surface area is 133 Å². The number of benzene rings is 1. The van der Waals surface area contributed by atoms with Gasteiger partial charge in [-0.15, -0.1) is 11.6 Å². The predicted octanol–water partition coefficient (Wildman–Crippen LogP) is 2.72. The van der Waals surface area contributed by atoms with Gasteiger partial charge in [-0.2, -0.15) is 4.31 Å². The number of hydrogen-bond donors (Lipinski definition) is 0. The largest absolute Gasteiger partial charge is 0.378 e. The van der Waals surface area contributed by atoms with Gasteiger partial charge in [0.25, 0.3) is 10.3 Å². The Hall–Kier alpha value is -0.620. The van der Waals surface area contributed by atoms with Gasteiger partial charge in [0.2, 0.25) is 0 Å². The summed E-state index contributed by atoms with van der Waals surface area (Å²) in [5.41, 5.74) is 2.18. The van der Waals surface area contributed by atoms with Crippen molar-refractivity contribution in [3.8, 4) is 0 Å². The van der Waals surface area contributed by atoms with E-state index in [1.54, 1.807) is 0 Å². The molecule has 0 radical (unpaired) electrons. The van der Waals surface area contributed by atoms with Crippen LogP contribution in [0, 0.1) is 6.92 Å². The summed E-state index contributed by atoms with van der Waals surface area (Å²) in [4.78, 5) is 0. The number of morpholine rings is 1. The maximum absolute atomic E-state index is 13.6. The normalized spacial score (nSPS) is 19.2. The highest BCUT2D eigenvalue weighted by Crippen LogP contribution is 2.26. The maximum Gasteiger partial charge on any atom is 0.254 e. The van der Waals surface area contributed by atoms with Crippen LogP contribution in [0.15, 0.2) is 24.3 Å². The third-order valence-corrected chi connectivity index (χ3v) is 7.07. The lowest BCUT2D eigenvalue weighted by Crippen LogP contribution is -2.53. The SMILES string of the molecule is Cc1ccc(N(C)[S+](=O)(CCCCl)N2CCOCC2)cc1. The summed E-state index contributed by atoms with van der Waals surface area (Å²) in [7, 11) is -0.382. The second-order valence-electron chi connectivity index (χ2n) is 5.23. The first-order valence-corrected chi connectivity index (χ1v) is 9.47. The van der Waals surface area contributed by atoms with Crippen molar-refractivity contribution < 1.29 is 8.95 Å². The van der Waals surface area contributed by atoms with Crippen molar-refractivity contribution in [1.29, 1.82) is 0 Å². The smallest absolute Gasteiger partial charge is 0.254 e. The number of nitrogens with zero attached hydrogens (tertiary/aromatic N) is 2. The van der Waals surface area contributed by atoms with Crippen LogP contribution < -0.4 is 4.31 Å². The number of hydrogen-bond acceptors (Lipinski definition) is 2. The van der Waals surface area contributed by atoms with Crippen LogP contribution in [0.3, 0.4) is 0 Å². The Bertz CT molecular complexity index is 489. The van der Waals surface area contributed by atoms with Crippen LogP contribution in [0.25, 0.3) is 0 Å². The van der Waals surface area contributed by atoms with E-state index in [9.17, 15) is 4.21 Å². The van der Waals surface area contributed by atoms with Gasteiger partial charge >= 0.3 is 0 Å². The minimum atomic E-state index is -2.30. The first-order chi connectivity index (χ1) is 10.1. The van der Waals surface area contributed by atoms with Crippen LogP contribution in [0.1, 0.15) is 12.0 Å². The Morgan fingerprint density at radius 1 is 1.29 bits per heavy atom. The van der Waals surface area contributed by atoms with Crippen LogP contribution in [-0.2, 0) is 19.3 Å². The number of halogens is 1. The van der Waals surface area contributed by atoms with Crippen LogP contribution in [-0.4, -0.2) is 49.3 Å². The Kier molecular flexibility index (Phi) is 6.05. The Morgan fingerprint density at radius 2 is 1.90 bits per heavy atom. The molecule has 1 aromatic rings. The topological polar surface area (TPSA) is 32.8 Å². The first kappa shape index (κ1) is 16.7. The molecule has 1 aromatic carbocycles. The van der Waals surface area contributed by atoms with E-state index in [-0.39, 0.29) is 0 Å². The van der Waals surface area contributed by atoms with Crippen molar-refractivity contribution in [1.82, 2.24) is 4.31 Å². The van der Waals surface area contributed by atoms with Gasteiger partial charge in [0.1, 0.15) is 0 Å². The number of aryl methyl sites for hydroxylation is 1. The molecule has 4 nitrogen and oxygen atoms in total. The van der Waals surface area contributed by atoms with Crippen LogP contribution >= 0.6 is 11.6 Å². The lowest BCUT2D eigenvalue weighted by molar-refractivity contribution is 0.0735. The van der Waals surface area contributed by atoms with Gasteiger partial charge in [0.15, 0.2) is 5.75 Å². The molecule has 1 unspecified atom stereocenters. The molecule has 6 heteroatoms. The quantitative estimate of drug-likeness (QED) is 0.593. The summed E-state index contributed by atoms with van der Waals surface area (Å²) in [5.74, 6) is 1.12. The van der Waals surface area contributed by atoms with E-state index < -0.39 is 10.3 Å². The zero-order valence-corrected chi connectivity index (χ0v) is 14.3. The lowest BCUT2D eigenvalue weighted by Gasteiger charge is -2.33. The van der Waals surface area contributed by atoms with Crippen LogP contribution in [0.2, 0.25) is 0 Å². The maximum atomic E-state index is 13.6. The first-order valence-electron chi connectivity index (χ1n) is 7.29. The molecule has 0 aromatic heterocycles. The van der Waals surface area contributed by atoms with Crippen molar-refractivity contribution in [2.24, 2.45) is 0 Å². The molecule has 0 N–H and O–H groups in total. The molecular weight excluding hydrogens is 308 g/mol. The van der Waals surface area contributed by atoms with E-state index in [0.29, 0.717) is 37.9 Å². The second-order valence-corrected chi connectivity index (χ2v) is 8.29. The van der Waals surface area contributed by atoms with E-state index in [1.807, 2.05) is 35.6 Å². The number of alkyl halides is 1. The summed E-state index contributed by atoms with van der Waals surface area (Å²) in [6.45, 7) is 4.74. The van der Waals surface area contributed by atoms with Gasteiger partial charge in [-0.25, -0.2) is 0 Å². The molecule has 1 saturated heterocycles. The minimum Gasteiger partial charge on any atom is -0.378 e. The second kappa shape index (κ2) is 7.58. The van der Waals surface area contributed by atoms with Crippen molar-refractivity contribution >= 4 is 27.6 Å². The fraction of sp³-hybridized carbons (Fsp3) is 0.600. The molecule has 0 amide bonds. The molecule has 0 saturated carbocycles. The monoisotopic (exact) mass is 331 g/mol. The summed E-state index contributed by atoms with van der Waals surface area (Å²) in [6, 6.07) is 8.14. The van der Waals surface area contributed by atoms with Crippen LogP contribution in [0.5, 0.6) is 0 Å². The molecule has 118 valence electrons. The van der Waals surface area contributed by atoms with Crippen molar-refractivity contribution in [2.45, 2.75) is 13.3 Å². The van der Waals surface area contributed by atoms with E-state index >= 15 is 0 Å². The molecule has 0 spiro atoms. The standard InChI is InChI=1S/C15H24ClN2O2S/c1-14-4-6-15(7-5-14)17(2)21(19,13-3-8-16)18-9-11-20-12-10-18/h4-7H,3,8-13H2,1-2H3/q+1. The molecule has 0 aliphatic carbocycles. The highest BCUT2D eigenvalue weighted by molar-refractivity contribution is 8.02. The molecule has 21 heavy (non-hydrogen) atoms. The molecule has 2 rings (SSSR count). The molecule has 1 fully saturated rings. The molecular formula is C15H24ClN2O2S+. The minimum absolute atomic E-state index is 0.531. The number of anilines is 1. The van der Waals surface area contributed by atoms with Crippen molar-refractivity contribution in [3.63, 3.8) is 0 Å². The molecule has 1 aliphatic rings. The predicted molar refractivity (Wildman–Crippen MR) is 90.2 cm³/mol. The zero-order valence-electron chi connectivity index (χ0n) is 12.8. The highest BCUT2D eigenvalue weighted by Gasteiger charge is 2.42. The van der Waals surface area contributed by atoms with Gasteiger partial charge in [0.05, 0.1) is 39.0 Å². The summed E-state index contributed by atoms with van der Waals surface area (Å²) in [5, 5.41) is 0. The average molecular weight is 332 g/mol. The van der Waals surface area contributed by atoms with E-state index in [2.05, 4.69) is 11.2 Å². The van der Waals surface area contributed by atoms with Crippen molar-refractivity contribution in [2.75, 3.05) is 49.3 Å². The zero-order chi connectivity index (χ0) is 15.3. The van der Waals surface area contributed by atoms with Crippen molar-refractivity contribution in [3.05, 3.63) is 29.8 Å². The van der Waals surface area contributed by atoms with Gasteiger partial charge in [0, 0.05) is 12.3 Å². The van der Waals surface area contributed by atoms with Gasteiger partial charge < -0.3 is 4.74 Å². The molecule has 1 heterocycles. The summed E-state index contributed by atoms with van der Waals surface area (Å²) < 4.78 is 23.0. The molecule has 0 bridgehead atoms. The average Bonchev–Trinajstić information content (AvgIpc) is 2.53. The van der Waals surface area contributed by atoms with Gasteiger partial charge in [-0.05, 0) is 19.1 Å². The number of rotatable bonds is 6. The number of ether oxygens (including phenoxy) is 1. The fourth-order valence-corrected chi connectivity index (χ4v) is 5.29. The summed E-state index contributed by atoms with van der Waals surface area (Å²) in [6.07, 6.45) is 0.744.